The van der Waals surface area contributed by atoms with Gasteiger partial charge < -0.3 is 4.57 Å². The highest BCUT2D eigenvalue weighted by Gasteiger charge is 2.19. The second-order valence-electron chi connectivity index (χ2n) is 10.5. The van der Waals surface area contributed by atoms with E-state index >= 15 is 0 Å². The zero-order valence-corrected chi connectivity index (χ0v) is 22.2. The first kappa shape index (κ1) is 23.8. The van der Waals surface area contributed by atoms with E-state index in [1.54, 1.807) is 0 Å². The number of nitriles is 1. The fourth-order valence-electron chi connectivity index (χ4n) is 5.59. The Morgan fingerprint density at radius 2 is 1.45 bits per heavy atom. The molecule has 4 heteroatoms. The van der Waals surface area contributed by atoms with E-state index < -0.39 is 0 Å². The van der Waals surface area contributed by atoms with E-state index in [1.165, 1.54) is 22.2 Å². The highest BCUT2D eigenvalue weighted by molar-refractivity contribution is 6.09. The topological polar surface area (TPSA) is 46.5 Å². The van der Waals surface area contributed by atoms with Gasteiger partial charge in [0.25, 0.3) is 0 Å². The predicted octanol–water partition coefficient (Wildman–Crippen LogP) is 8.75. The molecule has 0 fully saturated rings. The first-order valence-corrected chi connectivity index (χ1v) is 13.2. The standard InChI is InChI=1S/C34H30N4/c1-22(2)27-12-8-13-28(23(3)4)33(27)37-18-17-36-34(37)25-9-7-10-26(20-25)38-31-14-6-5-11-29(31)30-16-15-24(21-35)19-32(30)38/h5-20,22-23H,1-4H3. The molecular formula is C34H30N4. The third-order valence-corrected chi connectivity index (χ3v) is 7.39. The van der Waals surface area contributed by atoms with E-state index in [1.807, 2.05) is 18.3 Å². The van der Waals surface area contributed by atoms with Crippen LogP contribution in [0, 0.1) is 11.3 Å². The van der Waals surface area contributed by atoms with Gasteiger partial charge in [0.2, 0.25) is 0 Å². The summed E-state index contributed by atoms with van der Waals surface area (Å²) in [5.74, 6) is 1.69. The molecule has 0 unspecified atom stereocenters. The average Bonchev–Trinajstić information content (AvgIpc) is 3.55. The minimum atomic E-state index is 0.386. The Morgan fingerprint density at radius 3 is 2.18 bits per heavy atom. The van der Waals surface area contributed by atoms with Crippen molar-refractivity contribution < 1.29 is 0 Å². The van der Waals surface area contributed by atoms with Gasteiger partial charge in [0.15, 0.2) is 0 Å². The van der Waals surface area contributed by atoms with Gasteiger partial charge in [0.1, 0.15) is 5.82 Å². The molecule has 2 aromatic heterocycles. The second kappa shape index (κ2) is 9.36. The number of hydrogen-bond donors (Lipinski definition) is 0. The lowest BCUT2D eigenvalue weighted by Gasteiger charge is -2.22. The monoisotopic (exact) mass is 494 g/mol. The summed E-state index contributed by atoms with van der Waals surface area (Å²) < 4.78 is 4.51. The number of benzene rings is 4. The summed E-state index contributed by atoms with van der Waals surface area (Å²) in [5.41, 5.74) is 8.74. The maximum atomic E-state index is 9.59. The molecule has 4 nitrogen and oxygen atoms in total. The van der Waals surface area contributed by atoms with Crippen molar-refractivity contribution in [2.45, 2.75) is 39.5 Å². The third kappa shape index (κ3) is 3.79. The zero-order chi connectivity index (χ0) is 26.4. The molecule has 0 radical (unpaired) electrons. The Labute approximate surface area is 223 Å². The van der Waals surface area contributed by atoms with Crippen LogP contribution in [0.5, 0.6) is 0 Å². The van der Waals surface area contributed by atoms with Crippen LogP contribution in [0.2, 0.25) is 0 Å². The quantitative estimate of drug-likeness (QED) is 0.240. The molecule has 0 aliphatic heterocycles. The Kier molecular flexibility index (Phi) is 5.85. The Hall–Kier alpha value is -4.62. The van der Waals surface area contributed by atoms with Crippen LogP contribution in [0.4, 0.5) is 0 Å². The lowest BCUT2D eigenvalue weighted by Crippen LogP contribution is -2.08. The van der Waals surface area contributed by atoms with Gasteiger partial charge in [-0.1, -0.05) is 82.3 Å². The fourth-order valence-corrected chi connectivity index (χ4v) is 5.59. The van der Waals surface area contributed by atoms with E-state index in [0.717, 1.165) is 33.5 Å². The Bertz CT molecular complexity index is 1820. The van der Waals surface area contributed by atoms with Crippen molar-refractivity contribution in [3.8, 4) is 28.8 Å². The smallest absolute Gasteiger partial charge is 0.144 e. The Balaban J connectivity index is 1.58. The van der Waals surface area contributed by atoms with Crippen molar-refractivity contribution in [3.05, 3.63) is 114 Å². The van der Waals surface area contributed by atoms with Gasteiger partial charge >= 0.3 is 0 Å². The van der Waals surface area contributed by atoms with Crippen LogP contribution >= 0.6 is 0 Å². The summed E-state index contributed by atoms with van der Waals surface area (Å²) >= 11 is 0. The van der Waals surface area contributed by atoms with Crippen LogP contribution < -0.4 is 0 Å². The van der Waals surface area contributed by atoms with Gasteiger partial charge in [-0.05, 0) is 53.3 Å². The second-order valence-corrected chi connectivity index (χ2v) is 10.5. The average molecular weight is 495 g/mol. The number of hydrogen-bond acceptors (Lipinski definition) is 2. The fraction of sp³-hybridized carbons (Fsp3) is 0.176. The molecule has 4 aromatic carbocycles. The number of nitrogens with zero attached hydrogens (tertiary/aromatic N) is 4. The number of rotatable bonds is 5. The molecule has 0 saturated carbocycles. The van der Waals surface area contributed by atoms with Crippen molar-refractivity contribution in [1.82, 2.24) is 14.1 Å². The molecule has 0 bridgehead atoms. The molecule has 0 aliphatic carbocycles. The normalized spacial score (nSPS) is 11.6. The summed E-state index contributed by atoms with van der Waals surface area (Å²) in [4.78, 5) is 4.85. The summed E-state index contributed by atoms with van der Waals surface area (Å²) in [5, 5.41) is 11.9. The van der Waals surface area contributed by atoms with Crippen LogP contribution in [-0.2, 0) is 0 Å². The molecule has 0 atom stereocenters. The first-order valence-electron chi connectivity index (χ1n) is 13.2. The SMILES string of the molecule is CC(C)c1cccc(C(C)C)c1-n1ccnc1-c1cccc(-n2c3ccccc3c3ccc(C#N)cc32)c1. The molecule has 0 N–H and O–H groups in total. The van der Waals surface area contributed by atoms with Crippen molar-refractivity contribution >= 4 is 21.8 Å². The van der Waals surface area contributed by atoms with Gasteiger partial charge in [-0.15, -0.1) is 0 Å². The van der Waals surface area contributed by atoms with Gasteiger partial charge in [0.05, 0.1) is 28.4 Å². The predicted molar refractivity (Wildman–Crippen MR) is 156 cm³/mol. The first-order chi connectivity index (χ1) is 18.5. The lowest BCUT2D eigenvalue weighted by molar-refractivity contribution is 0.806. The molecular weight excluding hydrogens is 464 g/mol. The molecule has 2 heterocycles. The molecule has 0 amide bonds. The maximum absolute atomic E-state index is 9.59. The maximum Gasteiger partial charge on any atom is 0.144 e. The highest BCUT2D eigenvalue weighted by Crippen LogP contribution is 2.36. The van der Waals surface area contributed by atoms with Gasteiger partial charge in [-0.2, -0.15) is 5.26 Å². The number of imidazole rings is 1. The lowest BCUT2D eigenvalue weighted by atomic mass is 9.92. The molecule has 0 saturated heterocycles. The van der Waals surface area contributed by atoms with Gasteiger partial charge in [-0.3, -0.25) is 4.57 Å². The molecule has 6 aromatic rings. The van der Waals surface area contributed by atoms with Crippen LogP contribution in [0.15, 0.2) is 97.3 Å². The van der Waals surface area contributed by atoms with E-state index in [-0.39, 0.29) is 0 Å². The van der Waals surface area contributed by atoms with Gasteiger partial charge in [-0.25, -0.2) is 4.98 Å². The van der Waals surface area contributed by atoms with Crippen LogP contribution in [0.1, 0.15) is 56.2 Å². The van der Waals surface area contributed by atoms with E-state index in [4.69, 9.17) is 4.98 Å². The minimum absolute atomic E-state index is 0.386. The van der Waals surface area contributed by atoms with E-state index in [9.17, 15) is 5.26 Å². The van der Waals surface area contributed by atoms with Crippen molar-refractivity contribution in [3.63, 3.8) is 0 Å². The van der Waals surface area contributed by atoms with Crippen LogP contribution in [-0.4, -0.2) is 14.1 Å². The number of aromatic nitrogens is 3. The van der Waals surface area contributed by atoms with Crippen LogP contribution in [0.25, 0.3) is 44.6 Å². The Morgan fingerprint density at radius 1 is 0.737 bits per heavy atom. The zero-order valence-electron chi connectivity index (χ0n) is 22.2. The molecule has 0 spiro atoms. The molecule has 186 valence electrons. The third-order valence-electron chi connectivity index (χ3n) is 7.39. The number of para-hydroxylation sites is 2. The molecule has 0 aliphatic rings. The van der Waals surface area contributed by atoms with E-state index in [0.29, 0.717) is 17.4 Å². The van der Waals surface area contributed by atoms with Crippen molar-refractivity contribution in [2.75, 3.05) is 0 Å². The number of fused-ring (bicyclic) bond motifs is 3. The minimum Gasteiger partial charge on any atom is -0.309 e. The van der Waals surface area contributed by atoms with Crippen molar-refractivity contribution in [2.24, 2.45) is 0 Å². The molecule has 6 rings (SSSR count). The summed E-state index contributed by atoms with van der Waals surface area (Å²) in [7, 11) is 0. The molecule has 38 heavy (non-hydrogen) atoms. The van der Waals surface area contributed by atoms with Crippen LogP contribution in [0.3, 0.4) is 0 Å². The van der Waals surface area contributed by atoms with Gasteiger partial charge in [0, 0.05) is 34.4 Å². The largest absolute Gasteiger partial charge is 0.309 e. The summed E-state index contributed by atoms with van der Waals surface area (Å²) in [6.07, 6.45) is 3.97. The van der Waals surface area contributed by atoms with Crippen molar-refractivity contribution in [1.29, 1.82) is 5.26 Å². The summed E-state index contributed by atoms with van der Waals surface area (Å²) in [6, 6.07) is 31.8. The van der Waals surface area contributed by atoms with E-state index in [2.05, 4.69) is 122 Å². The summed E-state index contributed by atoms with van der Waals surface area (Å²) in [6.45, 7) is 8.99. The highest BCUT2D eigenvalue weighted by atomic mass is 15.1.